The average Bonchev–Trinajstić information content (AvgIpc) is 3.01. The van der Waals surface area contributed by atoms with Crippen LogP contribution in [0.1, 0.15) is 17.2 Å². The zero-order valence-electron chi connectivity index (χ0n) is 13.2. The molecule has 0 saturated carbocycles. The van der Waals surface area contributed by atoms with Crippen LogP contribution in [0.3, 0.4) is 0 Å². The van der Waals surface area contributed by atoms with Crippen molar-refractivity contribution < 1.29 is 13.2 Å². The molecule has 2 aromatic rings. The predicted molar refractivity (Wildman–Crippen MR) is 95.0 cm³/mol. The van der Waals surface area contributed by atoms with Crippen LogP contribution in [0, 0.1) is 0 Å². The van der Waals surface area contributed by atoms with Gasteiger partial charge < -0.3 is 10.2 Å². The van der Waals surface area contributed by atoms with E-state index in [2.05, 4.69) is 5.43 Å². The molecule has 0 amide bonds. The third-order valence-corrected chi connectivity index (χ3v) is 5.06. The number of halogens is 1. The van der Waals surface area contributed by atoms with E-state index in [0.29, 0.717) is 5.02 Å². The number of hydrazine groups is 1. The van der Waals surface area contributed by atoms with Crippen LogP contribution in [0.25, 0.3) is 5.70 Å². The van der Waals surface area contributed by atoms with E-state index in [0.717, 1.165) is 22.6 Å². The van der Waals surface area contributed by atoms with Crippen LogP contribution in [-0.2, 0) is 10.0 Å². The van der Waals surface area contributed by atoms with Gasteiger partial charge in [-0.05, 0) is 53.6 Å². The molecule has 0 saturated heterocycles. The quantitative estimate of drug-likeness (QED) is 0.905. The molecule has 24 heavy (non-hydrogen) atoms. The molecule has 126 valence electrons. The van der Waals surface area contributed by atoms with Gasteiger partial charge in [-0.15, -0.1) is 4.41 Å². The van der Waals surface area contributed by atoms with Crippen LogP contribution >= 0.6 is 11.6 Å². The monoisotopic (exact) mass is 364 g/mol. The van der Waals surface area contributed by atoms with Gasteiger partial charge in [-0.1, -0.05) is 23.7 Å². The highest BCUT2D eigenvalue weighted by Crippen LogP contribution is 2.33. The normalized spacial score (nSPS) is 18.1. The molecule has 5 nitrogen and oxygen atoms in total. The minimum atomic E-state index is -3.45. The molecule has 2 aromatic carbocycles. The maximum atomic E-state index is 12.1. The second kappa shape index (κ2) is 6.47. The molecule has 0 fully saturated rings. The lowest BCUT2D eigenvalue weighted by Crippen LogP contribution is -2.38. The first-order valence-electron chi connectivity index (χ1n) is 7.26. The summed E-state index contributed by atoms with van der Waals surface area (Å²) in [5, 5.41) is 0.606. The fraction of sp³-hybridized carbons (Fsp3) is 0.176. The summed E-state index contributed by atoms with van der Waals surface area (Å²) in [5.41, 5.74) is 5.42. The van der Waals surface area contributed by atoms with Gasteiger partial charge in [-0.25, -0.2) is 8.42 Å². The van der Waals surface area contributed by atoms with Crippen molar-refractivity contribution in [3.63, 3.8) is 0 Å². The number of ether oxygens (including phenoxy) is 1. The summed E-state index contributed by atoms with van der Waals surface area (Å²) in [6.45, 7) is 0. The Morgan fingerprint density at radius 3 is 2.25 bits per heavy atom. The highest BCUT2D eigenvalue weighted by molar-refractivity contribution is 7.88. The minimum absolute atomic E-state index is 0.436. The smallest absolute Gasteiger partial charge is 0.228 e. The number of sulfonamides is 1. The summed E-state index contributed by atoms with van der Waals surface area (Å²) in [6.07, 6.45) is 3.06. The van der Waals surface area contributed by atoms with Crippen LogP contribution in [0.15, 0.2) is 54.6 Å². The lowest BCUT2D eigenvalue weighted by molar-refractivity contribution is 0.351. The summed E-state index contributed by atoms with van der Waals surface area (Å²) in [7, 11) is -1.85. The molecule has 1 aliphatic rings. The molecule has 1 heterocycles. The van der Waals surface area contributed by atoms with Crippen molar-refractivity contribution >= 4 is 27.3 Å². The Balaban J connectivity index is 1.99. The van der Waals surface area contributed by atoms with E-state index in [9.17, 15) is 8.42 Å². The molecule has 0 aromatic heterocycles. The van der Waals surface area contributed by atoms with E-state index >= 15 is 0 Å². The summed E-state index contributed by atoms with van der Waals surface area (Å²) in [6, 6.07) is 14.1. The second-order valence-corrected chi connectivity index (χ2v) is 7.77. The standard InChI is InChI=1S/C17H17ClN2O3S/c1-23-15-9-5-12(6-10-15)16-11-17(20(19-16)24(2,21)22)13-3-7-14(18)8-4-13/h3-11,17,19H,1-2H3. The SMILES string of the molecule is COc1ccc(C2=CC(c3ccc(Cl)cc3)N(S(C)(=O)=O)N2)cc1. The molecule has 1 atom stereocenters. The van der Waals surface area contributed by atoms with Crippen LogP contribution in [-0.4, -0.2) is 26.2 Å². The minimum Gasteiger partial charge on any atom is -0.497 e. The molecule has 7 heteroatoms. The second-order valence-electron chi connectivity index (χ2n) is 5.48. The van der Waals surface area contributed by atoms with Crippen molar-refractivity contribution in [3.8, 4) is 5.75 Å². The molecule has 0 spiro atoms. The summed E-state index contributed by atoms with van der Waals surface area (Å²) >= 11 is 5.92. The lowest BCUT2D eigenvalue weighted by atomic mass is 10.1. The van der Waals surface area contributed by atoms with Crippen molar-refractivity contribution in [3.05, 3.63) is 70.8 Å². The maximum Gasteiger partial charge on any atom is 0.228 e. The number of rotatable bonds is 4. The average molecular weight is 365 g/mol. The van der Waals surface area contributed by atoms with E-state index in [1.807, 2.05) is 42.5 Å². The molecule has 1 N–H and O–H groups in total. The van der Waals surface area contributed by atoms with Crippen molar-refractivity contribution in [1.29, 1.82) is 0 Å². The van der Waals surface area contributed by atoms with E-state index in [4.69, 9.17) is 16.3 Å². The molecule has 0 bridgehead atoms. The van der Waals surface area contributed by atoms with E-state index in [-0.39, 0.29) is 0 Å². The highest BCUT2D eigenvalue weighted by atomic mass is 35.5. The van der Waals surface area contributed by atoms with E-state index in [1.165, 1.54) is 10.7 Å². The van der Waals surface area contributed by atoms with Crippen molar-refractivity contribution in [2.75, 3.05) is 13.4 Å². The number of benzene rings is 2. The molecular formula is C17H17ClN2O3S. The zero-order valence-corrected chi connectivity index (χ0v) is 14.8. The molecular weight excluding hydrogens is 348 g/mol. The lowest BCUT2D eigenvalue weighted by Gasteiger charge is -2.22. The van der Waals surface area contributed by atoms with Gasteiger partial charge >= 0.3 is 0 Å². The van der Waals surface area contributed by atoms with Gasteiger partial charge in [0.15, 0.2) is 0 Å². The van der Waals surface area contributed by atoms with Gasteiger partial charge in [0, 0.05) is 5.02 Å². The van der Waals surface area contributed by atoms with Crippen molar-refractivity contribution in [2.45, 2.75) is 6.04 Å². The Hall–Kier alpha value is -2.02. The number of methoxy groups -OCH3 is 1. The largest absolute Gasteiger partial charge is 0.497 e. The van der Waals surface area contributed by atoms with Crippen molar-refractivity contribution in [1.82, 2.24) is 9.84 Å². The molecule has 1 aliphatic heterocycles. The summed E-state index contributed by atoms with van der Waals surface area (Å²) in [5.74, 6) is 0.742. The first-order chi connectivity index (χ1) is 11.4. The first-order valence-corrected chi connectivity index (χ1v) is 9.49. The van der Waals surface area contributed by atoms with Crippen LogP contribution in [0.4, 0.5) is 0 Å². The van der Waals surface area contributed by atoms with Gasteiger partial charge in [0.05, 0.1) is 25.1 Å². The van der Waals surface area contributed by atoms with Gasteiger partial charge in [-0.3, -0.25) is 0 Å². The fourth-order valence-electron chi connectivity index (χ4n) is 2.56. The molecule has 3 rings (SSSR count). The Kier molecular flexibility index (Phi) is 4.54. The van der Waals surface area contributed by atoms with Crippen LogP contribution in [0.5, 0.6) is 5.75 Å². The molecule has 0 aliphatic carbocycles. The zero-order chi connectivity index (χ0) is 17.3. The summed E-state index contributed by atoms with van der Waals surface area (Å²) < 4.78 is 30.7. The predicted octanol–water partition coefficient (Wildman–Crippen LogP) is 3.21. The highest BCUT2D eigenvalue weighted by Gasteiger charge is 2.33. The van der Waals surface area contributed by atoms with Crippen LogP contribution < -0.4 is 10.2 Å². The Labute approximate surface area is 146 Å². The molecule has 1 unspecified atom stereocenters. The number of hydrogen-bond donors (Lipinski definition) is 1. The van der Waals surface area contributed by atoms with Crippen LogP contribution in [0.2, 0.25) is 5.02 Å². The Bertz CT molecular complexity index is 862. The van der Waals surface area contributed by atoms with E-state index < -0.39 is 16.1 Å². The van der Waals surface area contributed by atoms with Gasteiger partial charge in [-0.2, -0.15) is 0 Å². The third kappa shape index (κ3) is 3.40. The third-order valence-electron chi connectivity index (χ3n) is 3.78. The van der Waals surface area contributed by atoms with Gasteiger partial charge in [0.1, 0.15) is 5.75 Å². The fourth-order valence-corrected chi connectivity index (χ4v) is 3.55. The van der Waals surface area contributed by atoms with Gasteiger partial charge in [0.2, 0.25) is 10.0 Å². The van der Waals surface area contributed by atoms with E-state index in [1.54, 1.807) is 19.2 Å². The van der Waals surface area contributed by atoms with Crippen molar-refractivity contribution in [2.24, 2.45) is 0 Å². The van der Waals surface area contributed by atoms with Gasteiger partial charge in [0.25, 0.3) is 0 Å². The first kappa shape index (κ1) is 16.8. The number of hydrogen-bond acceptors (Lipinski definition) is 4. The maximum absolute atomic E-state index is 12.1. The Morgan fingerprint density at radius 1 is 1.08 bits per heavy atom. The number of nitrogens with zero attached hydrogens (tertiary/aromatic N) is 1. The molecule has 0 radical (unpaired) electrons. The number of nitrogens with one attached hydrogen (secondary N) is 1. The topological polar surface area (TPSA) is 58.6 Å². The Morgan fingerprint density at radius 2 is 1.71 bits per heavy atom. The summed E-state index contributed by atoms with van der Waals surface area (Å²) in [4.78, 5) is 0.